The number of urea groups is 1. The van der Waals surface area contributed by atoms with E-state index in [1.165, 1.54) is 4.90 Å². The van der Waals surface area contributed by atoms with Crippen molar-refractivity contribution in [3.63, 3.8) is 0 Å². The summed E-state index contributed by atoms with van der Waals surface area (Å²) in [5.41, 5.74) is 1.38. The van der Waals surface area contributed by atoms with E-state index in [1.807, 2.05) is 24.3 Å². The van der Waals surface area contributed by atoms with Crippen molar-refractivity contribution in [1.82, 2.24) is 10.6 Å². The summed E-state index contributed by atoms with van der Waals surface area (Å²) in [6.07, 6.45) is 4.43. The van der Waals surface area contributed by atoms with Gasteiger partial charge in [-0.3, -0.25) is 4.90 Å². The molecule has 21 heavy (non-hydrogen) atoms. The zero-order chi connectivity index (χ0) is 15.1. The summed E-state index contributed by atoms with van der Waals surface area (Å²) >= 11 is 0. The molecule has 0 radical (unpaired) electrons. The molecule has 0 fully saturated rings. The van der Waals surface area contributed by atoms with Gasteiger partial charge in [0.15, 0.2) is 0 Å². The quantitative estimate of drug-likeness (QED) is 0.758. The number of rotatable bonds is 7. The Morgan fingerprint density at radius 1 is 1.33 bits per heavy atom. The third-order valence-corrected chi connectivity index (χ3v) is 3.04. The molecule has 5 heteroatoms. The SMILES string of the molecule is C=C1C=CN(c2ccc(OCCCNCC)cc2)C(=O)N1. The molecular formula is C16H21N3O2. The van der Waals surface area contributed by atoms with Crippen LogP contribution in [0.1, 0.15) is 13.3 Å². The van der Waals surface area contributed by atoms with Crippen LogP contribution in [0.15, 0.2) is 48.8 Å². The molecule has 5 nitrogen and oxygen atoms in total. The summed E-state index contributed by atoms with van der Waals surface area (Å²) in [7, 11) is 0. The van der Waals surface area contributed by atoms with Crippen LogP contribution < -0.4 is 20.3 Å². The van der Waals surface area contributed by atoms with Gasteiger partial charge < -0.3 is 15.4 Å². The molecule has 1 heterocycles. The number of allylic oxidation sites excluding steroid dienone is 1. The second-order valence-electron chi connectivity index (χ2n) is 4.69. The fourth-order valence-electron chi connectivity index (χ4n) is 1.94. The summed E-state index contributed by atoms with van der Waals surface area (Å²) in [6.45, 7) is 8.39. The van der Waals surface area contributed by atoms with Crippen LogP contribution in [0.3, 0.4) is 0 Å². The number of carbonyl (C=O) groups is 1. The van der Waals surface area contributed by atoms with Crippen LogP contribution in [0.2, 0.25) is 0 Å². The van der Waals surface area contributed by atoms with Crippen LogP contribution in [0.25, 0.3) is 0 Å². The minimum Gasteiger partial charge on any atom is -0.494 e. The van der Waals surface area contributed by atoms with E-state index in [9.17, 15) is 4.79 Å². The maximum absolute atomic E-state index is 11.8. The van der Waals surface area contributed by atoms with Crippen molar-refractivity contribution in [3.05, 3.63) is 48.8 Å². The Morgan fingerprint density at radius 2 is 2.10 bits per heavy atom. The molecule has 0 unspecified atom stereocenters. The number of anilines is 1. The van der Waals surface area contributed by atoms with E-state index in [0.29, 0.717) is 12.3 Å². The van der Waals surface area contributed by atoms with Gasteiger partial charge >= 0.3 is 6.03 Å². The van der Waals surface area contributed by atoms with Crippen molar-refractivity contribution in [1.29, 1.82) is 0 Å². The average Bonchev–Trinajstić information content (AvgIpc) is 2.48. The maximum atomic E-state index is 11.8. The summed E-state index contributed by atoms with van der Waals surface area (Å²) in [6, 6.07) is 7.25. The van der Waals surface area contributed by atoms with Gasteiger partial charge in [0.05, 0.1) is 12.3 Å². The lowest BCUT2D eigenvalue weighted by Crippen LogP contribution is -2.38. The van der Waals surface area contributed by atoms with Crippen LogP contribution in [0.4, 0.5) is 10.5 Å². The molecule has 1 aliphatic heterocycles. The number of carbonyl (C=O) groups excluding carboxylic acids is 1. The number of ether oxygens (including phenoxy) is 1. The Bertz CT molecular complexity index is 523. The van der Waals surface area contributed by atoms with Gasteiger partial charge in [0.2, 0.25) is 0 Å². The van der Waals surface area contributed by atoms with Gasteiger partial charge in [0.1, 0.15) is 5.75 Å². The Kier molecular flexibility index (Phi) is 5.40. The van der Waals surface area contributed by atoms with E-state index in [1.54, 1.807) is 12.3 Å². The average molecular weight is 287 g/mol. The summed E-state index contributed by atoms with van der Waals surface area (Å²) in [4.78, 5) is 13.4. The zero-order valence-electron chi connectivity index (χ0n) is 12.3. The largest absolute Gasteiger partial charge is 0.494 e. The second kappa shape index (κ2) is 7.50. The fourth-order valence-corrected chi connectivity index (χ4v) is 1.94. The van der Waals surface area contributed by atoms with Crippen molar-refractivity contribution < 1.29 is 9.53 Å². The molecule has 0 spiro atoms. The Morgan fingerprint density at radius 3 is 2.76 bits per heavy atom. The highest BCUT2D eigenvalue weighted by molar-refractivity contribution is 5.96. The molecule has 1 aromatic rings. The first-order chi connectivity index (χ1) is 10.2. The van der Waals surface area contributed by atoms with Gasteiger partial charge in [-0.15, -0.1) is 0 Å². The summed E-state index contributed by atoms with van der Waals surface area (Å²) in [5.74, 6) is 0.807. The van der Waals surface area contributed by atoms with Gasteiger partial charge in [-0.05, 0) is 49.9 Å². The number of amides is 2. The van der Waals surface area contributed by atoms with E-state index in [4.69, 9.17) is 4.74 Å². The van der Waals surface area contributed by atoms with Crippen LogP contribution >= 0.6 is 0 Å². The van der Waals surface area contributed by atoms with Gasteiger partial charge in [0, 0.05) is 11.9 Å². The number of hydrogen-bond donors (Lipinski definition) is 2. The van der Waals surface area contributed by atoms with E-state index >= 15 is 0 Å². The first-order valence-corrected chi connectivity index (χ1v) is 7.11. The molecule has 112 valence electrons. The van der Waals surface area contributed by atoms with E-state index in [-0.39, 0.29) is 6.03 Å². The van der Waals surface area contributed by atoms with Crippen molar-refractivity contribution >= 4 is 11.7 Å². The lowest BCUT2D eigenvalue weighted by molar-refractivity contribution is 0.250. The molecule has 0 atom stereocenters. The molecule has 2 rings (SSSR count). The predicted molar refractivity (Wildman–Crippen MR) is 84.4 cm³/mol. The Labute approximate surface area is 125 Å². The van der Waals surface area contributed by atoms with Crippen LogP contribution in [0, 0.1) is 0 Å². The fraction of sp³-hybridized carbons (Fsp3) is 0.312. The van der Waals surface area contributed by atoms with Gasteiger partial charge in [-0.25, -0.2) is 4.79 Å². The van der Waals surface area contributed by atoms with Crippen LogP contribution in [-0.4, -0.2) is 25.7 Å². The summed E-state index contributed by atoms with van der Waals surface area (Å²) < 4.78 is 5.65. The predicted octanol–water partition coefficient (Wildman–Crippen LogP) is 2.62. The first kappa shape index (κ1) is 15.1. The highest BCUT2D eigenvalue weighted by Gasteiger charge is 2.16. The minimum atomic E-state index is -0.207. The standard InChI is InChI=1S/C16H21N3O2/c1-3-17-10-4-12-21-15-7-5-14(6-8-15)19-11-9-13(2)18-16(19)20/h5-9,11,17H,2-4,10,12H2,1H3,(H,18,20). The normalized spacial score (nSPS) is 14.2. The highest BCUT2D eigenvalue weighted by Crippen LogP contribution is 2.21. The Hall–Kier alpha value is -2.27. The van der Waals surface area contributed by atoms with Gasteiger partial charge in [0.25, 0.3) is 0 Å². The maximum Gasteiger partial charge on any atom is 0.330 e. The first-order valence-electron chi connectivity index (χ1n) is 7.11. The third kappa shape index (κ3) is 4.36. The lowest BCUT2D eigenvalue weighted by Gasteiger charge is -2.23. The van der Waals surface area contributed by atoms with Crippen molar-refractivity contribution in [2.75, 3.05) is 24.6 Å². The van der Waals surface area contributed by atoms with E-state index < -0.39 is 0 Å². The number of nitrogens with zero attached hydrogens (tertiary/aromatic N) is 1. The molecule has 0 saturated carbocycles. The monoisotopic (exact) mass is 287 g/mol. The molecule has 0 bridgehead atoms. The molecule has 2 amide bonds. The van der Waals surface area contributed by atoms with E-state index in [2.05, 4.69) is 24.1 Å². The van der Waals surface area contributed by atoms with Crippen molar-refractivity contribution in [2.45, 2.75) is 13.3 Å². The minimum absolute atomic E-state index is 0.207. The molecule has 0 aliphatic carbocycles. The van der Waals surface area contributed by atoms with Crippen molar-refractivity contribution in [2.24, 2.45) is 0 Å². The van der Waals surface area contributed by atoms with E-state index in [0.717, 1.165) is 30.9 Å². The number of hydrogen-bond acceptors (Lipinski definition) is 3. The lowest BCUT2D eigenvalue weighted by atomic mass is 10.2. The number of nitrogens with one attached hydrogen (secondary N) is 2. The molecular weight excluding hydrogens is 266 g/mol. The topological polar surface area (TPSA) is 53.6 Å². The summed E-state index contributed by atoms with van der Waals surface area (Å²) in [5, 5.41) is 5.91. The molecule has 1 aliphatic rings. The van der Waals surface area contributed by atoms with Crippen LogP contribution in [0.5, 0.6) is 5.75 Å². The third-order valence-electron chi connectivity index (χ3n) is 3.04. The second-order valence-corrected chi connectivity index (χ2v) is 4.69. The van der Waals surface area contributed by atoms with Gasteiger partial charge in [-0.2, -0.15) is 0 Å². The smallest absolute Gasteiger partial charge is 0.330 e. The molecule has 0 saturated heterocycles. The highest BCUT2D eigenvalue weighted by atomic mass is 16.5. The van der Waals surface area contributed by atoms with Crippen LogP contribution in [-0.2, 0) is 0 Å². The molecule has 1 aromatic carbocycles. The Balaban J connectivity index is 1.88. The molecule has 2 N–H and O–H groups in total. The molecule has 0 aromatic heterocycles. The van der Waals surface area contributed by atoms with Gasteiger partial charge in [-0.1, -0.05) is 13.5 Å². The van der Waals surface area contributed by atoms with Crippen molar-refractivity contribution in [3.8, 4) is 5.75 Å². The number of benzene rings is 1. The zero-order valence-corrected chi connectivity index (χ0v) is 12.3.